The van der Waals surface area contributed by atoms with Crippen LogP contribution in [0.1, 0.15) is 31.2 Å². The van der Waals surface area contributed by atoms with E-state index < -0.39 is 0 Å². The second-order valence-electron chi connectivity index (χ2n) is 4.79. The molecule has 88 valence electrons. The third kappa shape index (κ3) is 3.62. The van der Waals surface area contributed by atoms with Crippen LogP contribution in [0.4, 0.5) is 0 Å². The molecule has 0 amide bonds. The van der Waals surface area contributed by atoms with Crippen LogP contribution in [-0.2, 0) is 11.3 Å². The van der Waals surface area contributed by atoms with Crippen molar-refractivity contribution in [3.05, 3.63) is 35.9 Å². The molecule has 1 aliphatic rings. The van der Waals surface area contributed by atoms with Crippen LogP contribution in [0.15, 0.2) is 30.3 Å². The fourth-order valence-electron chi connectivity index (χ4n) is 2.40. The Morgan fingerprint density at radius 1 is 1.19 bits per heavy atom. The Bertz CT molecular complexity index is 299. The minimum atomic E-state index is 0.402. The molecule has 1 saturated carbocycles. The molecule has 1 aromatic rings. The topological polar surface area (TPSA) is 35.2 Å². The first-order chi connectivity index (χ1) is 7.84. The fourth-order valence-corrected chi connectivity index (χ4v) is 2.40. The zero-order valence-electron chi connectivity index (χ0n) is 9.77. The molecule has 2 atom stereocenters. The van der Waals surface area contributed by atoms with Gasteiger partial charge in [-0.1, -0.05) is 36.8 Å². The van der Waals surface area contributed by atoms with Gasteiger partial charge in [-0.25, -0.2) is 0 Å². The first-order valence-electron chi connectivity index (χ1n) is 6.22. The van der Waals surface area contributed by atoms with Crippen LogP contribution in [0.5, 0.6) is 0 Å². The Morgan fingerprint density at radius 3 is 2.75 bits per heavy atom. The maximum atomic E-state index is 5.95. The van der Waals surface area contributed by atoms with Crippen LogP contribution in [-0.4, -0.2) is 12.6 Å². The summed E-state index contributed by atoms with van der Waals surface area (Å²) < 4.78 is 5.75. The standard InChI is InChI=1S/C14H21NO/c15-14-8-4-7-13(9-14)11-16-10-12-5-2-1-3-6-12/h1-3,5-6,13-14H,4,7-11,15H2/t13-,14+/m0/s1. The normalized spacial score (nSPS) is 25.6. The molecule has 2 rings (SSSR count). The van der Waals surface area contributed by atoms with Crippen molar-refractivity contribution in [2.24, 2.45) is 11.7 Å². The minimum absolute atomic E-state index is 0.402. The molecule has 1 fully saturated rings. The maximum absolute atomic E-state index is 5.95. The zero-order chi connectivity index (χ0) is 11.2. The van der Waals surface area contributed by atoms with E-state index in [-0.39, 0.29) is 0 Å². The predicted molar refractivity (Wildman–Crippen MR) is 66.0 cm³/mol. The summed E-state index contributed by atoms with van der Waals surface area (Å²) in [5, 5.41) is 0. The van der Waals surface area contributed by atoms with Gasteiger partial charge >= 0.3 is 0 Å². The maximum Gasteiger partial charge on any atom is 0.0717 e. The predicted octanol–water partition coefficient (Wildman–Crippen LogP) is 2.72. The summed E-state index contributed by atoms with van der Waals surface area (Å²) in [6.07, 6.45) is 4.87. The van der Waals surface area contributed by atoms with E-state index >= 15 is 0 Å². The summed E-state index contributed by atoms with van der Waals surface area (Å²) in [6, 6.07) is 10.7. The van der Waals surface area contributed by atoms with E-state index in [0.29, 0.717) is 12.0 Å². The van der Waals surface area contributed by atoms with Gasteiger partial charge in [-0.3, -0.25) is 0 Å². The van der Waals surface area contributed by atoms with Crippen molar-refractivity contribution in [2.75, 3.05) is 6.61 Å². The summed E-state index contributed by atoms with van der Waals surface area (Å²) in [5.41, 5.74) is 7.20. The molecule has 1 aliphatic carbocycles. The lowest BCUT2D eigenvalue weighted by molar-refractivity contribution is 0.0709. The van der Waals surface area contributed by atoms with E-state index in [0.717, 1.165) is 19.6 Å². The van der Waals surface area contributed by atoms with Crippen LogP contribution in [0.3, 0.4) is 0 Å². The second kappa shape index (κ2) is 6.02. The Balaban J connectivity index is 1.68. The van der Waals surface area contributed by atoms with E-state index in [4.69, 9.17) is 10.5 Å². The fraction of sp³-hybridized carbons (Fsp3) is 0.571. The lowest BCUT2D eigenvalue weighted by atomic mass is 9.87. The molecule has 0 spiro atoms. The number of benzene rings is 1. The molecule has 2 nitrogen and oxygen atoms in total. The van der Waals surface area contributed by atoms with Crippen molar-refractivity contribution in [1.29, 1.82) is 0 Å². The smallest absolute Gasteiger partial charge is 0.0717 e. The Labute approximate surface area is 97.8 Å². The van der Waals surface area contributed by atoms with E-state index in [1.54, 1.807) is 0 Å². The number of hydrogen-bond donors (Lipinski definition) is 1. The first-order valence-corrected chi connectivity index (χ1v) is 6.22. The monoisotopic (exact) mass is 219 g/mol. The third-order valence-corrected chi connectivity index (χ3v) is 3.29. The quantitative estimate of drug-likeness (QED) is 0.845. The molecule has 1 aromatic carbocycles. The summed E-state index contributed by atoms with van der Waals surface area (Å²) >= 11 is 0. The van der Waals surface area contributed by atoms with Gasteiger partial charge in [-0.2, -0.15) is 0 Å². The molecule has 2 heteroatoms. The Hall–Kier alpha value is -0.860. The largest absolute Gasteiger partial charge is 0.376 e. The van der Waals surface area contributed by atoms with Gasteiger partial charge in [-0.05, 0) is 30.7 Å². The van der Waals surface area contributed by atoms with Crippen LogP contribution >= 0.6 is 0 Å². The molecule has 2 N–H and O–H groups in total. The molecular weight excluding hydrogens is 198 g/mol. The highest BCUT2D eigenvalue weighted by Crippen LogP contribution is 2.23. The molecule has 0 aliphatic heterocycles. The lowest BCUT2D eigenvalue weighted by Crippen LogP contribution is -2.29. The Morgan fingerprint density at radius 2 is 2.00 bits per heavy atom. The van der Waals surface area contributed by atoms with Crippen molar-refractivity contribution in [3.63, 3.8) is 0 Å². The van der Waals surface area contributed by atoms with Crippen LogP contribution in [0, 0.1) is 5.92 Å². The van der Waals surface area contributed by atoms with Gasteiger partial charge < -0.3 is 10.5 Å². The average molecular weight is 219 g/mol. The van der Waals surface area contributed by atoms with E-state index in [9.17, 15) is 0 Å². The highest BCUT2D eigenvalue weighted by molar-refractivity contribution is 5.13. The summed E-state index contributed by atoms with van der Waals surface area (Å²) in [5.74, 6) is 0.674. The van der Waals surface area contributed by atoms with Crippen LogP contribution < -0.4 is 5.73 Å². The van der Waals surface area contributed by atoms with Crippen LogP contribution in [0.2, 0.25) is 0 Å². The highest BCUT2D eigenvalue weighted by Gasteiger charge is 2.18. The summed E-state index contributed by atoms with van der Waals surface area (Å²) in [6.45, 7) is 1.59. The molecule has 16 heavy (non-hydrogen) atoms. The molecule has 0 unspecified atom stereocenters. The molecule has 0 aromatic heterocycles. The second-order valence-corrected chi connectivity index (χ2v) is 4.79. The van der Waals surface area contributed by atoms with Gasteiger partial charge in [0.25, 0.3) is 0 Å². The van der Waals surface area contributed by atoms with E-state index in [2.05, 4.69) is 24.3 Å². The molecule has 0 radical (unpaired) electrons. The van der Waals surface area contributed by atoms with E-state index in [1.807, 2.05) is 6.07 Å². The number of hydrogen-bond acceptors (Lipinski definition) is 2. The average Bonchev–Trinajstić information content (AvgIpc) is 2.30. The molecule has 0 bridgehead atoms. The number of ether oxygens (including phenoxy) is 1. The van der Waals surface area contributed by atoms with Gasteiger partial charge in [0.1, 0.15) is 0 Å². The van der Waals surface area contributed by atoms with Crippen LogP contribution in [0.25, 0.3) is 0 Å². The summed E-state index contributed by atoms with van der Waals surface area (Å²) in [7, 11) is 0. The van der Waals surface area contributed by atoms with Gasteiger partial charge in [0.15, 0.2) is 0 Å². The van der Waals surface area contributed by atoms with Gasteiger partial charge in [0.2, 0.25) is 0 Å². The first kappa shape index (κ1) is 11.6. The van der Waals surface area contributed by atoms with Gasteiger partial charge in [0, 0.05) is 12.6 Å². The minimum Gasteiger partial charge on any atom is -0.376 e. The van der Waals surface area contributed by atoms with Crippen molar-refractivity contribution in [1.82, 2.24) is 0 Å². The van der Waals surface area contributed by atoms with Gasteiger partial charge in [-0.15, -0.1) is 0 Å². The van der Waals surface area contributed by atoms with E-state index in [1.165, 1.54) is 24.8 Å². The SMILES string of the molecule is N[C@@H]1CCC[C@H](COCc2ccccc2)C1. The zero-order valence-corrected chi connectivity index (χ0v) is 9.77. The Kier molecular flexibility index (Phi) is 4.37. The lowest BCUT2D eigenvalue weighted by Gasteiger charge is -2.26. The number of nitrogens with two attached hydrogens (primary N) is 1. The summed E-state index contributed by atoms with van der Waals surface area (Å²) in [4.78, 5) is 0. The third-order valence-electron chi connectivity index (χ3n) is 3.29. The van der Waals surface area contributed by atoms with Crippen molar-refractivity contribution in [3.8, 4) is 0 Å². The molecular formula is C14H21NO. The molecule has 0 saturated heterocycles. The highest BCUT2D eigenvalue weighted by atomic mass is 16.5. The van der Waals surface area contributed by atoms with Crippen molar-refractivity contribution >= 4 is 0 Å². The molecule has 0 heterocycles. The van der Waals surface area contributed by atoms with Crippen molar-refractivity contribution in [2.45, 2.75) is 38.3 Å². The van der Waals surface area contributed by atoms with Crippen molar-refractivity contribution < 1.29 is 4.74 Å². The van der Waals surface area contributed by atoms with Gasteiger partial charge in [0.05, 0.1) is 6.61 Å². The number of rotatable bonds is 4.